The molecule has 0 spiro atoms. The molecule has 2 saturated heterocycles. The van der Waals surface area contributed by atoms with Crippen LogP contribution in [-0.2, 0) is 14.3 Å². The molecule has 4 rings (SSSR count). The lowest BCUT2D eigenvalue weighted by atomic mass is 9.93. The number of amides is 1. The summed E-state index contributed by atoms with van der Waals surface area (Å²) in [6, 6.07) is 5.24. The van der Waals surface area contributed by atoms with Crippen LogP contribution in [0.5, 0.6) is 0 Å². The van der Waals surface area contributed by atoms with Crippen LogP contribution in [0.3, 0.4) is 0 Å². The van der Waals surface area contributed by atoms with Crippen LogP contribution in [0.15, 0.2) is 23.0 Å². The van der Waals surface area contributed by atoms with Gasteiger partial charge in [0.1, 0.15) is 0 Å². The number of aromatic amines is 1. The molecule has 3 heterocycles. The molecule has 0 saturated carbocycles. The Morgan fingerprint density at radius 2 is 1.85 bits per heavy atom. The summed E-state index contributed by atoms with van der Waals surface area (Å²) in [6.45, 7) is 7.58. The van der Waals surface area contributed by atoms with Gasteiger partial charge in [0.2, 0.25) is 5.91 Å². The SMILES string of the molecule is CCOC(=O)c1ccc2c(c1)[nH]c(=O)n2C1CCN(CC(=O)N2CCC(C)(OC)CC2)CC1. The lowest BCUT2D eigenvalue weighted by Gasteiger charge is -2.39. The quantitative estimate of drug-likeness (QED) is 0.667. The van der Waals surface area contributed by atoms with Crippen molar-refractivity contribution in [2.24, 2.45) is 0 Å². The third-order valence-corrected chi connectivity index (χ3v) is 7.18. The van der Waals surface area contributed by atoms with Crippen molar-refractivity contribution in [2.75, 3.05) is 46.4 Å². The Morgan fingerprint density at radius 3 is 2.48 bits per heavy atom. The number of imidazole rings is 1. The van der Waals surface area contributed by atoms with Crippen LogP contribution in [0.25, 0.3) is 11.0 Å². The van der Waals surface area contributed by atoms with Crippen LogP contribution in [0, 0.1) is 0 Å². The molecule has 0 aliphatic carbocycles. The van der Waals surface area contributed by atoms with E-state index in [9.17, 15) is 14.4 Å². The molecule has 0 atom stereocenters. The van der Waals surface area contributed by atoms with Gasteiger partial charge in [0.25, 0.3) is 0 Å². The number of esters is 1. The molecular formula is C24H34N4O5. The maximum atomic E-state index is 12.8. The summed E-state index contributed by atoms with van der Waals surface area (Å²) in [5, 5.41) is 0. The van der Waals surface area contributed by atoms with Crippen LogP contribution in [0.2, 0.25) is 0 Å². The van der Waals surface area contributed by atoms with E-state index in [4.69, 9.17) is 9.47 Å². The van der Waals surface area contributed by atoms with Gasteiger partial charge in [-0.3, -0.25) is 14.3 Å². The summed E-state index contributed by atoms with van der Waals surface area (Å²) in [5.41, 5.74) is 1.55. The van der Waals surface area contributed by atoms with Crippen molar-refractivity contribution in [1.29, 1.82) is 0 Å². The maximum absolute atomic E-state index is 12.8. The first kappa shape index (κ1) is 23.5. The number of hydrogen-bond donors (Lipinski definition) is 1. The number of ether oxygens (including phenoxy) is 2. The van der Waals surface area contributed by atoms with Crippen molar-refractivity contribution in [3.05, 3.63) is 34.2 Å². The molecule has 2 aliphatic heterocycles. The second kappa shape index (κ2) is 9.69. The van der Waals surface area contributed by atoms with Crippen molar-refractivity contribution in [3.8, 4) is 0 Å². The van der Waals surface area contributed by atoms with Crippen LogP contribution in [0.1, 0.15) is 55.9 Å². The molecule has 1 aromatic carbocycles. The number of aromatic nitrogens is 2. The minimum atomic E-state index is -0.397. The Balaban J connectivity index is 1.36. The van der Waals surface area contributed by atoms with E-state index in [0.717, 1.165) is 57.4 Å². The van der Waals surface area contributed by atoms with Gasteiger partial charge in [-0.2, -0.15) is 0 Å². The number of carbonyl (C=O) groups is 2. The van der Waals surface area contributed by atoms with Gasteiger partial charge in [-0.15, -0.1) is 0 Å². The summed E-state index contributed by atoms with van der Waals surface area (Å²) in [4.78, 5) is 44.5. The summed E-state index contributed by atoms with van der Waals surface area (Å²) < 4.78 is 12.4. The van der Waals surface area contributed by atoms with E-state index in [-0.39, 0.29) is 23.2 Å². The highest BCUT2D eigenvalue weighted by Gasteiger charge is 2.32. The van der Waals surface area contributed by atoms with Gasteiger partial charge in [-0.05, 0) is 57.7 Å². The lowest BCUT2D eigenvalue weighted by molar-refractivity contribution is -0.137. The van der Waals surface area contributed by atoms with Gasteiger partial charge < -0.3 is 19.4 Å². The molecule has 2 fully saturated rings. The molecule has 9 nitrogen and oxygen atoms in total. The van der Waals surface area contributed by atoms with Crippen molar-refractivity contribution >= 4 is 22.9 Å². The Kier molecular flexibility index (Phi) is 6.90. The molecule has 9 heteroatoms. The molecule has 0 bridgehead atoms. The van der Waals surface area contributed by atoms with E-state index in [0.29, 0.717) is 24.2 Å². The van der Waals surface area contributed by atoms with Crippen molar-refractivity contribution in [1.82, 2.24) is 19.4 Å². The number of hydrogen-bond acceptors (Lipinski definition) is 6. The van der Waals surface area contributed by atoms with Gasteiger partial charge in [0, 0.05) is 39.3 Å². The predicted molar refractivity (Wildman–Crippen MR) is 124 cm³/mol. The number of carbonyl (C=O) groups excluding carboxylic acids is 2. The molecule has 1 amide bonds. The number of nitrogens with zero attached hydrogens (tertiary/aromatic N) is 3. The smallest absolute Gasteiger partial charge is 0.338 e. The number of nitrogens with one attached hydrogen (secondary N) is 1. The average Bonchev–Trinajstić information content (AvgIpc) is 3.15. The van der Waals surface area contributed by atoms with E-state index in [1.54, 1.807) is 36.8 Å². The van der Waals surface area contributed by atoms with E-state index in [2.05, 4.69) is 16.8 Å². The zero-order chi connectivity index (χ0) is 23.6. The summed E-state index contributed by atoms with van der Waals surface area (Å²) in [6.07, 6.45) is 3.31. The number of rotatable bonds is 6. The van der Waals surface area contributed by atoms with Gasteiger partial charge in [0.15, 0.2) is 0 Å². The minimum Gasteiger partial charge on any atom is -0.462 e. The van der Waals surface area contributed by atoms with E-state index in [1.807, 2.05) is 4.90 Å². The Bertz CT molecular complexity index is 1060. The minimum absolute atomic E-state index is 0.0587. The van der Waals surface area contributed by atoms with Gasteiger partial charge in [0.05, 0.1) is 35.3 Å². The molecule has 0 radical (unpaired) electrons. The highest BCUT2D eigenvalue weighted by molar-refractivity contribution is 5.93. The fourth-order valence-electron chi connectivity index (χ4n) is 4.90. The van der Waals surface area contributed by atoms with Crippen molar-refractivity contribution in [3.63, 3.8) is 0 Å². The highest BCUT2D eigenvalue weighted by Crippen LogP contribution is 2.27. The first-order valence-electron chi connectivity index (χ1n) is 11.8. The number of H-pyrrole nitrogens is 1. The Morgan fingerprint density at radius 1 is 1.15 bits per heavy atom. The van der Waals surface area contributed by atoms with Crippen LogP contribution in [-0.4, -0.2) is 83.3 Å². The third kappa shape index (κ3) is 4.99. The fraction of sp³-hybridized carbons (Fsp3) is 0.625. The summed E-state index contributed by atoms with van der Waals surface area (Å²) in [7, 11) is 1.74. The molecule has 1 N–H and O–H groups in total. The molecule has 33 heavy (non-hydrogen) atoms. The third-order valence-electron chi connectivity index (χ3n) is 7.18. The fourth-order valence-corrected chi connectivity index (χ4v) is 4.90. The first-order chi connectivity index (χ1) is 15.8. The van der Waals surface area contributed by atoms with E-state index >= 15 is 0 Å². The highest BCUT2D eigenvalue weighted by atomic mass is 16.5. The molecule has 2 aliphatic rings. The van der Waals surface area contributed by atoms with Gasteiger partial charge >= 0.3 is 11.7 Å². The lowest BCUT2D eigenvalue weighted by Crippen LogP contribution is -2.50. The maximum Gasteiger partial charge on any atom is 0.338 e. The molecule has 0 unspecified atom stereocenters. The normalized spacial score (nSPS) is 19.7. The second-order valence-electron chi connectivity index (χ2n) is 9.29. The number of methoxy groups -OCH3 is 1. The predicted octanol–water partition coefficient (Wildman–Crippen LogP) is 2.17. The summed E-state index contributed by atoms with van der Waals surface area (Å²) >= 11 is 0. The Labute approximate surface area is 193 Å². The summed E-state index contributed by atoms with van der Waals surface area (Å²) in [5.74, 6) is -0.228. The first-order valence-corrected chi connectivity index (χ1v) is 11.8. The van der Waals surface area contributed by atoms with Gasteiger partial charge in [-0.25, -0.2) is 9.59 Å². The molecule has 180 valence electrons. The average molecular weight is 459 g/mol. The number of likely N-dealkylation sites (tertiary alicyclic amines) is 2. The number of piperidine rings is 2. The topological polar surface area (TPSA) is 96.9 Å². The largest absolute Gasteiger partial charge is 0.462 e. The standard InChI is InChI=1S/C24H34N4O5/c1-4-33-22(30)17-5-6-20-19(15-17)25-23(31)28(20)18-7-11-26(12-8-18)16-21(29)27-13-9-24(2,32-3)10-14-27/h5-6,15,18H,4,7-14,16H2,1-3H3,(H,25,31). The second-order valence-corrected chi connectivity index (χ2v) is 9.29. The Hall–Kier alpha value is -2.65. The number of benzene rings is 1. The van der Waals surface area contributed by atoms with E-state index in [1.165, 1.54) is 0 Å². The van der Waals surface area contributed by atoms with Gasteiger partial charge in [-0.1, -0.05) is 0 Å². The monoisotopic (exact) mass is 458 g/mol. The van der Waals surface area contributed by atoms with E-state index < -0.39 is 5.97 Å². The van der Waals surface area contributed by atoms with Crippen molar-refractivity contribution < 1.29 is 19.1 Å². The number of fused-ring (bicyclic) bond motifs is 1. The van der Waals surface area contributed by atoms with Crippen molar-refractivity contribution in [2.45, 2.75) is 51.2 Å². The molecular weight excluding hydrogens is 424 g/mol. The molecule has 2 aromatic rings. The molecule has 1 aromatic heterocycles. The zero-order valence-electron chi connectivity index (χ0n) is 19.8. The zero-order valence-corrected chi connectivity index (χ0v) is 19.8. The van der Waals surface area contributed by atoms with Crippen LogP contribution >= 0.6 is 0 Å². The van der Waals surface area contributed by atoms with Crippen LogP contribution < -0.4 is 5.69 Å². The van der Waals surface area contributed by atoms with Crippen LogP contribution in [0.4, 0.5) is 0 Å².